The summed E-state index contributed by atoms with van der Waals surface area (Å²) in [7, 11) is 0. The molecule has 0 aromatic carbocycles. The van der Waals surface area contributed by atoms with Crippen LogP contribution in [0.25, 0.3) is 0 Å². The first-order valence-electron chi connectivity index (χ1n) is 2.79. The Labute approximate surface area is 64.8 Å². The minimum Gasteiger partial charge on any atom is -0.366 e. The van der Waals surface area contributed by atoms with Crippen LogP contribution < -0.4 is 5.73 Å². The molecule has 2 unspecified atom stereocenters. The standard InChI is InChI=1S/C3H5ClO.C3H5NO/c1-2-3(4)5-2;1-2-3(4)5/h2-3H,1H3;2H,1H2,(H2,4,5). The Hall–Kier alpha value is -0.540. The zero-order chi connectivity index (χ0) is 8.15. The predicted molar refractivity (Wildman–Crippen MR) is 39.6 cm³/mol. The summed E-state index contributed by atoms with van der Waals surface area (Å²) in [5.74, 6) is -0.481. The van der Waals surface area contributed by atoms with E-state index >= 15 is 0 Å². The third-order valence-electron chi connectivity index (χ3n) is 0.838. The van der Waals surface area contributed by atoms with Crippen molar-refractivity contribution in [2.75, 3.05) is 0 Å². The number of carbonyl (C=O) groups excluding carboxylic acids is 1. The van der Waals surface area contributed by atoms with Crippen molar-refractivity contribution >= 4 is 17.5 Å². The van der Waals surface area contributed by atoms with Crippen LogP contribution in [0.15, 0.2) is 12.7 Å². The number of alkyl halides is 1. The summed E-state index contributed by atoms with van der Waals surface area (Å²) in [6.07, 6.45) is 1.37. The number of halogens is 1. The molecule has 4 heteroatoms. The second-order valence-corrected chi connectivity index (χ2v) is 2.23. The zero-order valence-corrected chi connectivity index (χ0v) is 6.47. The van der Waals surface area contributed by atoms with Crippen molar-refractivity contribution in [1.29, 1.82) is 0 Å². The van der Waals surface area contributed by atoms with E-state index in [1.54, 1.807) is 0 Å². The van der Waals surface area contributed by atoms with Gasteiger partial charge >= 0.3 is 0 Å². The Morgan fingerprint density at radius 1 is 1.90 bits per heavy atom. The number of epoxide rings is 1. The maximum absolute atomic E-state index is 9.47. The second kappa shape index (κ2) is 4.30. The SMILES string of the molecule is C=CC(N)=O.CC1OC1Cl. The Balaban J connectivity index is 0.000000162. The first-order chi connectivity index (χ1) is 4.57. The number of rotatable bonds is 1. The number of hydrogen-bond donors (Lipinski definition) is 1. The lowest BCUT2D eigenvalue weighted by Crippen LogP contribution is -2.04. The molecule has 1 saturated heterocycles. The van der Waals surface area contributed by atoms with Gasteiger partial charge in [-0.3, -0.25) is 4.79 Å². The quantitative estimate of drug-likeness (QED) is 0.350. The van der Waals surface area contributed by atoms with Crippen LogP contribution in [0, 0.1) is 0 Å². The maximum Gasteiger partial charge on any atom is 0.240 e. The van der Waals surface area contributed by atoms with Crippen LogP contribution in [0.4, 0.5) is 0 Å². The molecule has 1 amide bonds. The van der Waals surface area contributed by atoms with Crippen LogP contribution >= 0.6 is 11.6 Å². The van der Waals surface area contributed by atoms with Crippen molar-refractivity contribution in [2.45, 2.75) is 18.6 Å². The topological polar surface area (TPSA) is 55.6 Å². The van der Waals surface area contributed by atoms with Crippen molar-refractivity contribution in [3.63, 3.8) is 0 Å². The highest BCUT2D eigenvalue weighted by molar-refractivity contribution is 6.21. The normalized spacial score (nSPS) is 27.8. The summed E-state index contributed by atoms with van der Waals surface area (Å²) >= 11 is 5.31. The highest BCUT2D eigenvalue weighted by Gasteiger charge is 2.30. The lowest BCUT2D eigenvalue weighted by molar-refractivity contribution is -0.113. The average molecular weight is 164 g/mol. The molecular weight excluding hydrogens is 154 g/mol. The molecule has 3 nitrogen and oxygen atoms in total. The minimum atomic E-state index is -0.481. The summed E-state index contributed by atoms with van der Waals surface area (Å²) in [6, 6.07) is 0. The number of amides is 1. The molecular formula is C6H10ClNO2. The van der Waals surface area contributed by atoms with Crippen LogP contribution in [0.5, 0.6) is 0 Å². The summed E-state index contributed by atoms with van der Waals surface area (Å²) in [5.41, 5.74) is 4.56. The molecule has 1 fully saturated rings. The molecule has 0 aromatic heterocycles. The second-order valence-electron chi connectivity index (χ2n) is 1.80. The Kier molecular flexibility index (Phi) is 4.07. The Bertz CT molecular complexity index is 132. The molecule has 2 atom stereocenters. The monoisotopic (exact) mass is 163 g/mol. The van der Waals surface area contributed by atoms with Gasteiger partial charge in [0, 0.05) is 0 Å². The van der Waals surface area contributed by atoms with Crippen molar-refractivity contribution in [3.8, 4) is 0 Å². The largest absolute Gasteiger partial charge is 0.366 e. The molecule has 0 radical (unpaired) electrons. The molecule has 0 aromatic rings. The van der Waals surface area contributed by atoms with Gasteiger partial charge in [-0.05, 0) is 13.0 Å². The first kappa shape index (κ1) is 9.46. The van der Waals surface area contributed by atoms with Gasteiger partial charge in [0.2, 0.25) is 5.91 Å². The fraction of sp³-hybridized carbons (Fsp3) is 0.500. The maximum atomic E-state index is 9.47. The average Bonchev–Trinajstić information content (AvgIpc) is 2.47. The molecule has 1 aliphatic heterocycles. The van der Waals surface area contributed by atoms with Crippen molar-refractivity contribution in [1.82, 2.24) is 0 Å². The molecule has 0 saturated carbocycles. The van der Waals surface area contributed by atoms with E-state index in [4.69, 9.17) is 11.6 Å². The Morgan fingerprint density at radius 3 is 2.10 bits per heavy atom. The molecule has 10 heavy (non-hydrogen) atoms. The third kappa shape index (κ3) is 5.59. The molecule has 0 aliphatic carbocycles. The van der Waals surface area contributed by atoms with Crippen molar-refractivity contribution in [3.05, 3.63) is 12.7 Å². The zero-order valence-electron chi connectivity index (χ0n) is 5.71. The van der Waals surface area contributed by atoms with Gasteiger partial charge in [0.25, 0.3) is 0 Å². The lowest BCUT2D eigenvalue weighted by Gasteiger charge is -1.65. The Morgan fingerprint density at radius 2 is 2.10 bits per heavy atom. The highest BCUT2D eigenvalue weighted by atomic mass is 35.5. The minimum absolute atomic E-state index is 0.0231. The highest BCUT2D eigenvalue weighted by Crippen LogP contribution is 2.23. The van der Waals surface area contributed by atoms with E-state index in [-0.39, 0.29) is 5.56 Å². The lowest BCUT2D eigenvalue weighted by atomic mass is 10.6. The van der Waals surface area contributed by atoms with Crippen LogP contribution in [0.3, 0.4) is 0 Å². The van der Waals surface area contributed by atoms with Gasteiger partial charge in [0.05, 0.1) is 6.10 Å². The molecule has 58 valence electrons. The van der Waals surface area contributed by atoms with Crippen LogP contribution in [-0.4, -0.2) is 17.6 Å². The smallest absolute Gasteiger partial charge is 0.240 e. The fourth-order valence-electron chi connectivity index (χ4n) is 0.160. The first-order valence-corrected chi connectivity index (χ1v) is 3.23. The molecule has 1 aliphatic rings. The summed E-state index contributed by atoms with van der Waals surface area (Å²) in [6.45, 7) is 5.03. The number of carbonyl (C=O) groups is 1. The van der Waals surface area contributed by atoms with Gasteiger partial charge in [0.1, 0.15) is 0 Å². The van der Waals surface area contributed by atoms with E-state index in [0.717, 1.165) is 6.08 Å². The number of ether oxygens (including phenoxy) is 1. The van der Waals surface area contributed by atoms with E-state index < -0.39 is 5.91 Å². The molecule has 0 spiro atoms. The van der Waals surface area contributed by atoms with Gasteiger partial charge in [-0.15, -0.1) is 0 Å². The molecule has 1 rings (SSSR count). The van der Waals surface area contributed by atoms with Crippen LogP contribution in [0.1, 0.15) is 6.92 Å². The van der Waals surface area contributed by atoms with Gasteiger partial charge < -0.3 is 10.5 Å². The van der Waals surface area contributed by atoms with E-state index in [2.05, 4.69) is 17.0 Å². The number of nitrogens with two attached hydrogens (primary N) is 1. The summed E-state index contributed by atoms with van der Waals surface area (Å²) in [5, 5.41) is 0. The molecule has 1 heterocycles. The van der Waals surface area contributed by atoms with E-state index in [0.29, 0.717) is 6.10 Å². The number of primary amides is 1. The van der Waals surface area contributed by atoms with Crippen LogP contribution in [-0.2, 0) is 9.53 Å². The fourth-order valence-corrected chi connectivity index (χ4v) is 0.322. The third-order valence-corrected chi connectivity index (χ3v) is 1.30. The van der Waals surface area contributed by atoms with Gasteiger partial charge in [0.15, 0.2) is 5.56 Å². The van der Waals surface area contributed by atoms with E-state index in [1.807, 2.05) is 6.92 Å². The van der Waals surface area contributed by atoms with Gasteiger partial charge in [-0.25, -0.2) is 0 Å². The van der Waals surface area contributed by atoms with Crippen LogP contribution in [0.2, 0.25) is 0 Å². The predicted octanol–water partition coefficient (Wildman–Crippen LogP) is 0.628. The summed E-state index contributed by atoms with van der Waals surface area (Å²) < 4.78 is 4.68. The molecule has 2 N–H and O–H groups in total. The molecule has 0 bridgehead atoms. The van der Waals surface area contributed by atoms with Crippen molar-refractivity contribution in [2.24, 2.45) is 5.73 Å². The van der Waals surface area contributed by atoms with Gasteiger partial charge in [-0.2, -0.15) is 0 Å². The summed E-state index contributed by atoms with van der Waals surface area (Å²) in [4.78, 5) is 9.47. The number of hydrogen-bond acceptors (Lipinski definition) is 2. The van der Waals surface area contributed by atoms with E-state index in [9.17, 15) is 4.79 Å². The van der Waals surface area contributed by atoms with E-state index in [1.165, 1.54) is 0 Å². The van der Waals surface area contributed by atoms with Crippen molar-refractivity contribution < 1.29 is 9.53 Å². The van der Waals surface area contributed by atoms with Gasteiger partial charge in [-0.1, -0.05) is 18.2 Å².